The lowest BCUT2D eigenvalue weighted by molar-refractivity contribution is -0.203. The Balaban J connectivity index is 1.27. The monoisotopic (exact) mass is 521 g/mol. The maximum atomic E-state index is 6.04. The molecule has 1 saturated heterocycles. The summed E-state index contributed by atoms with van der Waals surface area (Å²) < 4.78 is 12.1. The molecule has 2 aromatic rings. The lowest BCUT2D eigenvalue weighted by Crippen LogP contribution is -2.32. The van der Waals surface area contributed by atoms with Gasteiger partial charge < -0.3 is 9.47 Å². The predicted molar refractivity (Wildman–Crippen MR) is 161 cm³/mol. The molecule has 3 nitrogen and oxygen atoms in total. The zero-order valence-electron chi connectivity index (χ0n) is 24.6. The van der Waals surface area contributed by atoms with Crippen LogP contribution < -0.4 is 0 Å². The van der Waals surface area contributed by atoms with Gasteiger partial charge in [-0.1, -0.05) is 128 Å². The second-order valence-electron chi connectivity index (χ2n) is 11.5. The molecule has 212 valence electrons. The number of pyridine rings is 1. The summed E-state index contributed by atoms with van der Waals surface area (Å²) in [5, 5.41) is 0. The van der Waals surface area contributed by atoms with E-state index in [1.807, 2.05) is 6.20 Å². The Morgan fingerprint density at radius 1 is 0.605 bits per heavy atom. The van der Waals surface area contributed by atoms with Gasteiger partial charge in [0.2, 0.25) is 0 Å². The first-order valence-electron chi connectivity index (χ1n) is 16.1. The highest BCUT2D eigenvalue weighted by atomic mass is 16.7. The number of nitrogens with zero attached hydrogens (tertiary/aromatic N) is 1. The quantitative estimate of drug-likeness (QED) is 0.162. The average Bonchev–Trinajstić information content (AvgIpc) is 2.96. The van der Waals surface area contributed by atoms with E-state index in [9.17, 15) is 0 Å². The van der Waals surface area contributed by atoms with Crippen molar-refractivity contribution in [3.63, 3.8) is 0 Å². The summed E-state index contributed by atoms with van der Waals surface area (Å²) >= 11 is 0. The molecule has 1 aliphatic rings. The van der Waals surface area contributed by atoms with Gasteiger partial charge in [-0.2, -0.15) is 0 Å². The molecule has 3 heteroatoms. The summed E-state index contributed by atoms with van der Waals surface area (Å²) in [6.45, 7) is 6.27. The van der Waals surface area contributed by atoms with Gasteiger partial charge in [0.05, 0.1) is 18.9 Å². The first-order chi connectivity index (χ1) is 18.8. The highest BCUT2D eigenvalue weighted by Crippen LogP contribution is 2.22. The SMILES string of the molecule is CCCCCCCCCc1ccc(-c2ccc(CC[C@H]3OC[C@H](CCCCCCCCC)CO3)cn2)cc1. The molecule has 0 radical (unpaired) electrons. The van der Waals surface area contributed by atoms with Crippen LogP contribution in [0.15, 0.2) is 42.6 Å². The van der Waals surface area contributed by atoms with Crippen LogP contribution in [0.4, 0.5) is 0 Å². The standard InChI is InChI=1S/C35H55NO2/c1-3-5-7-9-11-13-15-17-30-19-23-33(24-20-30)34-25-21-31(27-36-34)22-26-35-37-28-32(29-38-35)18-16-14-12-10-8-6-4-2/h19-21,23-25,27,32,35H,3-18,22,26,28-29H2,1-2H3/t32-,35-. The van der Waals surface area contributed by atoms with Gasteiger partial charge in [-0.3, -0.25) is 4.98 Å². The van der Waals surface area contributed by atoms with Crippen LogP contribution in [-0.4, -0.2) is 24.5 Å². The van der Waals surface area contributed by atoms with Crippen molar-refractivity contribution in [2.75, 3.05) is 13.2 Å². The van der Waals surface area contributed by atoms with Gasteiger partial charge in [0.25, 0.3) is 0 Å². The third-order valence-electron chi connectivity index (χ3n) is 8.06. The Kier molecular flexibility index (Phi) is 15.7. The summed E-state index contributed by atoms with van der Waals surface area (Å²) in [6, 6.07) is 13.4. The second kappa shape index (κ2) is 19.4. The van der Waals surface area contributed by atoms with E-state index in [-0.39, 0.29) is 6.29 Å². The fourth-order valence-corrected chi connectivity index (χ4v) is 5.46. The molecule has 0 aliphatic carbocycles. The van der Waals surface area contributed by atoms with Crippen molar-refractivity contribution in [3.8, 4) is 11.3 Å². The van der Waals surface area contributed by atoms with Crippen LogP contribution >= 0.6 is 0 Å². The third kappa shape index (κ3) is 12.4. The van der Waals surface area contributed by atoms with Crippen LogP contribution in [0, 0.1) is 5.92 Å². The molecule has 0 bridgehead atoms. The van der Waals surface area contributed by atoms with E-state index in [1.165, 1.54) is 119 Å². The molecule has 1 aromatic heterocycles. The number of aryl methyl sites for hydroxylation is 2. The lowest BCUT2D eigenvalue weighted by atomic mass is 10.0. The van der Waals surface area contributed by atoms with E-state index < -0.39 is 0 Å². The minimum atomic E-state index is -0.0659. The largest absolute Gasteiger partial charge is 0.352 e. The van der Waals surface area contributed by atoms with Crippen molar-refractivity contribution in [1.82, 2.24) is 4.98 Å². The van der Waals surface area contributed by atoms with Gasteiger partial charge in [-0.15, -0.1) is 0 Å². The normalized spacial score (nSPS) is 17.6. The van der Waals surface area contributed by atoms with Gasteiger partial charge in [-0.05, 0) is 42.9 Å². The minimum absolute atomic E-state index is 0.0659. The predicted octanol–water partition coefficient (Wildman–Crippen LogP) is 10.1. The highest BCUT2D eigenvalue weighted by Gasteiger charge is 2.21. The molecule has 1 aliphatic heterocycles. The van der Waals surface area contributed by atoms with Crippen molar-refractivity contribution in [3.05, 3.63) is 53.7 Å². The topological polar surface area (TPSA) is 31.4 Å². The molecule has 38 heavy (non-hydrogen) atoms. The van der Waals surface area contributed by atoms with E-state index in [1.54, 1.807) is 0 Å². The number of aromatic nitrogens is 1. The summed E-state index contributed by atoms with van der Waals surface area (Å²) in [5.41, 5.74) is 4.94. The fourth-order valence-electron chi connectivity index (χ4n) is 5.46. The van der Waals surface area contributed by atoms with Gasteiger partial charge in [0.1, 0.15) is 0 Å². The Bertz CT molecular complexity index is 824. The van der Waals surface area contributed by atoms with Gasteiger partial charge in [-0.25, -0.2) is 0 Å². The molecular formula is C35H55NO2. The van der Waals surface area contributed by atoms with Crippen LogP contribution in [0.1, 0.15) is 128 Å². The Morgan fingerprint density at radius 2 is 1.18 bits per heavy atom. The van der Waals surface area contributed by atoms with E-state index in [4.69, 9.17) is 14.5 Å². The van der Waals surface area contributed by atoms with Crippen LogP contribution in [0.3, 0.4) is 0 Å². The number of benzene rings is 1. The highest BCUT2D eigenvalue weighted by molar-refractivity contribution is 5.59. The summed E-state index contributed by atoms with van der Waals surface area (Å²) in [4.78, 5) is 4.75. The molecule has 1 aromatic carbocycles. The Hall–Kier alpha value is -1.71. The minimum Gasteiger partial charge on any atom is -0.352 e. The molecule has 0 N–H and O–H groups in total. The maximum Gasteiger partial charge on any atom is 0.157 e. The number of rotatable bonds is 20. The van der Waals surface area contributed by atoms with E-state index >= 15 is 0 Å². The first-order valence-corrected chi connectivity index (χ1v) is 16.1. The van der Waals surface area contributed by atoms with Crippen molar-refractivity contribution in [2.24, 2.45) is 5.92 Å². The zero-order valence-corrected chi connectivity index (χ0v) is 24.6. The van der Waals surface area contributed by atoms with E-state index in [0.29, 0.717) is 5.92 Å². The molecule has 0 amide bonds. The molecule has 0 unspecified atom stereocenters. The number of ether oxygens (including phenoxy) is 2. The number of hydrogen-bond donors (Lipinski definition) is 0. The van der Waals surface area contributed by atoms with E-state index in [2.05, 4.69) is 50.2 Å². The van der Waals surface area contributed by atoms with Crippen LogP contribution in [0.5, 0.6) is 0 Å². The van der Waals surface area contributed by atoms with Gasteiger partial charge >= 0.3 is 0 Å². The molecule has 3 rings (SSSR count). The van der Waals surface area contributed by atoms with Crippen LogP contribution in [-0.2, 0) is 22.3 Å². The summed E-state index contributed by atoms with van der Waals surface area (Å²) in [5.74, 6) is 0.574. The fraction of sp³-hybridized carbons (Fsp3) is 0.686. The second-order valence-corrected chi connectivity index (χ2v) is 11.5. The number of unbranched alkanes of at least 4 members (excludes halogenated alkanes) is 12. The van der Waals surface area contributed by atoms with Crippen molar-refractivity contribution in [1.29, 1.82) is 0 Å². The van der Waals surface area contributed by atoms with Crippen LogP contribution in [0.2, 0.25) is 0 Å². The molecule has 0 spiro atoms. The smallest absolute Gasteiger partial charge is 0.157 e. The van der Waals surface area contributed by atoms with Crippen molar-refractivity contribution < 1.29 is 9.47 Å². The average molecular weight is 522 g/mol. The zero-order chi connectivity index (χ0) is 26.7. The Labute approximate surface area is 234 Å². The van der Waals surface area contributed by atoms with Gasteiger partial charge in [0, 0.05) is 24.1 Å². The number of hydrogen-bond acceptors (Lipinski definition) is 3. The Morgan fingerprint density at radius 3 is 1.79 bits per heavy atom. The van der Waals surface area contributed by atoms with Crippen molar-refractivity contribution >= 4 is 0 Å². The summed E-state index contributed by atoms with van der Waals surface area (Å²) in [6.07, 6.45) is 25.3. The molecular weight excluding hydrogens is 466 g/mol. The molecule has 0 saturated carbocycles. The third-order valence-corrected chi connectivity index (χ3v) is 8.06. The lowest BCUT2D eigenvalue weighted by Gasteiger charge is -2.29. The van der Waals surface area contributed by atoms with Gasteiger partial charge in [0.15, 0.2) is 6.29 Å². The summed E-state index contributed by atoms with van der Waals surface area (Å²) in [7, 11) is 0. The molecule has 2 heterocycles. The first kappa shape index (κ1) is 30.8. The van der Waals surface area contributed by atoms with Crippen LogP contribution in [0.25, 0.3) is 11.3 Å². The molecule has 0 atom stereocenters. The maximum absolute atomic E-state index is 6.04. The van der Waals surface area contributed by atoms with Crippen molar-refractivity contribution in [2.45, 2.75) is 136 Å². The van der Waals surface area contributed by atoms with E-state index in [0.717, 1.165) is 31.7 Å². The molecule has 1 fully saturated rings.